The topological polar surface area (TPSA) is 65.1 Å². The van der Waals surface area contributed by atoms with E-state index < -0.39 is 0 Å². The van der Waals surface area contributed by atoms with Crippen molar-refractivity contribution in [1.29, 1.82) is 0 Å². The Morgan fingerprint density at radius 2 is 1.96 bits per heavy atom. The summed E-state index contributed by atoms with van der Waals surface area (Å²) in [6.45, 7) is 3.87. The largest absolute Gasteiger partial charge is 0.386 e. The number of hydrogen-bond acceptors (Lipinski definition) is 6. The van der Waals surface area contributed by atoms with Crippen LogP contribution in [-0.4, -0.2) is 46.6 Å². The summed E-state index contributed by atoms with van der Waals surface area (Å²) < 4.78 is 0. The van der Waals surface area contributed by atoms with Crippen LogP contribution in [0.5, 0.6) is 0 Å². The first-order valence-electron chi connectivity index (χ1n) is 8.95. The highest BCUT2D eigenvalue weighted by Gasteiger charge is 2.43. The molecule has 4 heterocycles. The van der Waals surface area contributed by atoms with Crippen LogP contribution in [0, 0.1) is 0 Å². The van der Waals surface area contributed by atoms with Crippen molar-refractivity contribution in [2.75, 3.05) is 19.6 Å². The van der Waals surface area contributed by atoms with Crippen molar-refractivity contribution in [3.8, 4) is 0 Å². The lowest BCUT2D eigenvalue weighted by molar-refractivity contribution is 0.0215. The third-order valence-corrected chi connectivity index (χ3v) is 5.32. The molecule has 0 amide bonds. The molecule has 3 aliphatic heterocycles. The molecule has 1 aromatic heterocycles. The molecule has 0 spiro atoms. The Morgan fingerprint density at radius 1 is 1.12 bits per heavy atom. The van der Waals surface area contributed by atoms with Crippen molar-refractivity contribution in [2.24, 2.45) is 0 Å². The highest BCUT2D eigenvalue weighted by molar-refractivity contribution is 5.74. The van der Waals surface area contributed by atoms with E-state index in [0.29, 0.717) is 12.1 Å². The lowest BCUT2D eigenvalue weighted by Gasteiger charge is -2.56. The minimum atomic E-state index is 0.643. The molecule has 2 aromatic rings. The van der Waals surface area contributed by atoms with Gasteiger partial charge in [-0.3, -0.25) is 9.97 Å². The standard InChI is InChI=1S/C19H22N6/c1-2-16-17(23-6-5-22-16)7-13(1)9-24-18-12-20-4-3-19(18)25-14-8-15(25)11-21-10-14/h1-3,5-7,12,14-15,20-21,24H,4,8-11H2. The van der Waals surface area contributed by atoms with Gasteiger partial charge in [0.1, 0.15) is 0 Å². The highest BCUT2D eigenvalue weighted by atomic mass is 15.3. The third kappa shape index (κ3) is 2.62. The zero-order chi connectivity index (χ0) is 16.6. The Morgan fingerprint density at radius 3 is 2.80 bits per heavy atom. The molecule has 0 saturated carbocycles. The monoisotopic (exact) mass is 334 g/mol. The second kappa shape index (κ2) is 6.04. The van der Waals surface area contributed by atoms with Crippen LogP contribution in [0.15, 0.2) is 54.3 Å². The predicted octanol–water partition coefficient (Wildman–Crippen LogP) is 1.09. The first kappa shape index (κ1) is 14.7. The van der Waals surface area contributed by atoms with Crippen LogP contribution < -0.4 is 16.0 Å². The molecule has 5 rings (SSSR count). The summed E-state index contributed by atoms with van der Waals surface area (Å²) >= 11 is 0. The summed E-state index contributed by atoms with van der Waals surface area (Å²) in [7, 11) is 0. The Hall–Kier alpha value is -2.60. The zero-order valence-electron chi connectivity index (χ0n) is 14.1. The van der Waals surface area contributed by atoms with E-state index in [4.69, 9.17) is 0 Å². The zero-order valence-corrected chi connectivity index (χ0v) is 14.1. The Kier molecular flexibility index (Phi) is 3.56. The van der Waals surface area contributed by atoms with Crippen molar-refractivity contribution in [2.45, 2.75) is 25.0 Å². The van der Waals surface area contributed by atoms with Gasteiger partial charge < -0.3 is 20.9 Å². The number of fused-ring (bicyclic) bond motifs is 3. The molecular weight excluding hydrogens is 312 g/mol. The van der Waals surface area contributed by atoms with Gasteiger partial charge in [-0.15, -0.1) is 0 Å². The second-order valence-electron chi connectivity index (χ2n) is 6.90. The lowest BCUT2D eigenvalue weighted by atomic mass is 9.87. The Bertz CT molecular complexity index is 844. The van der Waals surface area contributed by atoms with E-state index in [1.165, 1.54) is 23.4 Å². The van der Waals surface area contributed by atoms with Gasteiger partial charge in [-0.2, -0.15) is 0 Å². The summed E-state index contributed by atoms with van der Waals surface area (Å²) in [6, 6.07) is 7.55. The average Bonchev–Trinajstić information content (AvgIpc) is 2.67. The SMILES string of the molecule is C1=C(NCc2ccc3nccnc3c2)C(N2C3CNCC2C3)=CCN1. The molecule has 25 heavy (non-hydrogen) atoms. The number of hydrogen-bond donors (Lipinski definition) is 3. The van der Waals surface area contributed by atoms with E-state index >= 15 is 0 Å². The van der Waals surface area contributed by atoms with Gasteiger partial charge in [0.05, 0.1) is 22.4 Å². The average molecular weight is 334 g/mol. The summed E-state index contributed by atoms with van der Waals surface area (Å²) in [4.78, 5) is 11.3. The normalized spacial score (nSPS) is 24.9. The molecule has 128 valence electrons. The quantitative estimate of drug-likeness (QED) is 0.778. The number of dihydropyridines is 1. The van der Waals surface area contributed by atoms with Crippen molar-refractivity contribution in [3.63, 3.8) is 0 Å². The van der Waals surface area contributed by atoms with Crippen molar-refractivity contribution in [1.82, 2.24) is 30.8 Å². The fourth-order valence-corrected chi connectivity index (χ4v) is 4.08. The minimum absolute atomic E-state index is 0.643. The Balaban J connectivity index is 1.32. The van der Waals surface area contributed by atoms with E-state index in [2.05, 4.69) is 55.2 Å². The van der Waals surface area contributed by atoms with Gasteiger partial charge in [-0.25, -0.2) is 0 Å². The molecule has 6 nitrogen and oxygen atoms in total. The molecule has 3 aliphatic rings. The number of nitrogens with one attached hydrogen (secondary N) is 3. The van der Waals surface area contributed by atoms with Crippen LogP contribution in [0.4, 0.5) is 0 Å². The number of rotatable bonds is 4. The summed E-state index contributed by atoms with van der Waals surface area (Å²) in [5, 5.41) is 10.5. The Labute approximate surface area is 147 Å². The maximum Gasteiger partial charge on any atom is 0.0890 e. The molecule has 2 fully saturated rings. The van der Waals surface area contributed by atoms with Crippen molar-refractivity contribution >= 4 is 11.0 Å². The third-order valence-electron chi connectivity index (χ3n) is 5.32. The van der Waals surface area contributed by atoms with Crippen molar-refractivity contribution < 1.29 is 0 Å². The van der Waals surface area contributed by atoms with Crippen LogP contribution in [0.1, 0.15) is 12.0 Å². The highest BCUT2D eigenvalue weighted by Crippen LogP contribution is 2.35. The first-order chi connectivity index (χ1) is 12.4. The molecule has 2 bridgehead atoms. The van der Waals surface area contributed by atoms with Crippen LogP contribution in [0.2, 0.25) is 0 Å². The van der Waals surface area contributed by atoms with E-state index in [-0.39, 0.29) is 0 Å². The van der Waals surface area contributed by atoms with Crippen molar-refractivity contribution in [3.05, 3.63) is 59.8 Å². The van der Waals surface area contributed by atoms with Gasteiger partial charge >= 0.3 is 0 Å². The number of piperidine rings is 1. The van der Waals surface area contributed by atoms with E-state index in [1.54, 1.807) is 12.4 Å². The molecule has 2 unspecified atom stereocenters. The van der Waals surface area contributed by atoms with Crippen LogP contribution >= 0.6 is 0 Å². The summed E-state index contributed by atoms with van der Waals surface area (Å²) in [6.07, 6.45) is 9.20. The summed E-state index contributed by atoms with van der Waals surface area (Å²) in [5.74, 6) is 0. The second-order valence-corrected chi connectivity index (χ2v) is 6.90. The maximum absolute atomic E-state index is 4.40. The molecule has 6 heteroatoms. The number of benzene rings is 1. The number of piperazine rings is 1. The van der Waals surface area contributed by atoms with Crippen LogP contribution in [0.25, 0.3) is 11.0 Å². The number of aromatic nitrogens is 2. The molecule has 2 saturated heterocycles. The molecule has 3 N–H and O–H groups in total. The van der Waals surface area contributed by atoms with E-state index in [1.807, 2.05) is 6.07 Å². The van der Waals surface area contributed by atoms with Crippen LogP contribution in [-0.2, 0) is 6.54 Å². The van der Waals surface area contributed by atoms with Gasteiger partial charge in [0.2, 0.25) is 0 Å². The fourth-order valence-electron chi connectivity index (χ4n) is 4.08. The number of nitrogens with zero attached hydrogens (tertiary/aromatic N) is 3. The maximum atomic E-state index is 4.40. The molecular formula is C19H22N6. The predicted molar refractivity (Wildman–Crippen MR) is 97.4 cm³/mol. The van der Waals surface area contributed by atoms with Crippen LogP contribution in [0.3, 0.4) is 0 Å². The fraction of sp³-hybridized carbons (Fsp3) is 0.368. The summed E-state index contributed by atoms with van der Waals surface area (Å²) in [5.41, 5.74) is 5.62. The van der Waals surface area contributed by atoms with E-state index in [0.717, 1.165) is 37.2 Å². The van der Waals surface area contributed by atoms with Gasteiger partial charge in [0.15, 0.2) is 0 Å². The lowest BCUT2D eigenvalue weighted by Crippen LogP contribution is -2.67. The van der Waals surface area contributed by atoms with Gasteiger partial charge in [0.25, 0.3) is 0 Å². The smallest absolute Gasteiger partial charge is 0.0890 e. The molecule has 0 aliphatic carbocycles. The molecule has 2 atom stereocenters. The van der Waals surface area contributed by atoms with Gasteiger partial charge in [-0.05, 0) is 30.2 Å². The molecule has 0 radical (unpaired) electrons. The first-order valence-corrected chi connectivity index (χ1v) is 8.95. The van der Waals surface area contributed by atoms with Gasteiger partial charge in [-0.1, -0.05) is 6.07 Å². The molecule has 1 aromatic carbocycles. The van der Waals surface area contributed by atoms with E-state index in [9.17, 15) is 0 Å². The van der Waals surface area contributed by atoms with Gasteiger partial charge in [0, 0.05) is 56.9 Å². The minimum Gasteiger partial charge on any atom is -0.386 e.